The molecule has 0 amide bonds. The Hall–Kier alpha value is -0.830. The van der Waals surface area contributed by atoms with Gasteiger partial charge in [0.1, 0.15) is 0 Å². The highest BCUT2D eigenvalue weighted by atomic mass is 15.1. The molecule has 1 saturated carbocycles. The molecule has 1 aromatic heterocycles. The zero-order valence-corrected chi connectivity index (χ0v) is 12.8. The van der Waals surface area contributed by atoms with Crippen molar-refractivity contribution in [2.75, 3.05) is 6.54 Å². The highest BCUT2D eigenvalue weighted by Crippen LogP contribution is 2.42. The predicted molar refractivity (Wildman–Crippen MR) is 80.0 cm³/mol. The second-order valence-electron chi connectivity index (χ2n) is 6.60. The van der Waals surface area contributed by atoms with E-state index >= 15 is 0 Å². The molecule has 3 heteroatoms. The standard InChI is InChI=1S/C16H29N3/c1-4-16(7-5-6-8-16)12-19-13-18-11-15(19)10-17-9-14(2)3/h11,13-14,17H,4-10,12H2,1-3H3. The van der Waals surface area contributed by atoms with E-state index in [1.54, 1.807) is 0 Å². The summed E-state index contributed by atoms with van der Waals surface area (Å²) in [5.74, 6) is 0.702. The first-order chi connectivity index (χ1) is 9.15. The average Bonchev–Trinajstić information content (AvgIpc) is 3.00. The highest BCUT2D eigenvalue weighted by molar-refractivity contribution is 5.00. The third-order valence-electron chi connectivity index (χ3n) is 4.58. The lowest BCUT2D eigenvalue weighted by molar-refractivity contribution is 0.234. The first-order valence-electron chi connectivity index (χ1n) is 7.85. The SMILES string of the molecule is CCC1(Cn2cncc2CNCC(C)C)CCCC1. The number of hydrogen-bond acceptors (Lipinski definition) is 2. The molecule has 1 aromatic rings. The van der Waals surface area contributed by atoms with E-state index in [2.05, 4.69) is 35.6 Å². The quantitative estimate of drug-likeness (QED) is 0.814. The van der Waals surface area contributed by atoms with E-state index in [-0.39, 0.29) is 0 Å². The number of rotatable bonds is 7. The van der Waals surface area contributed by atoms with Crippen LogP contribution in [-0.2, 0) is 13.1 Å². The van der Waals surface area contributed by atoms with Crippen LogP contribution in [0.1, 0.15) is 58.6 Å². The first-order valence-corrected chi connectivity index (χ1v) is 7.85. The summed E-state index contributed by atoms with van der Waals surface area (Å²) in [7, 11) is 0. The number of nitrogens with one attached hydrogen (secondary N) is 1. The van der Waals surface area contributed by atoms with Gasteiger partial charge in [-0.25, -0.2) is 4.98 Å². The molecule has 19 heavy (non-hydrogen) atoms. The Morgan fingerprint density at radius 2 is 2.11 bits per heavy atom. The summed E-state index contributed by atoms with van der Waals surface area (Å²) in [6.07, 6.45) is 10.9. The smallest absolute Gasteiger partial charge is 0.0948 e. The summed E-state index contributed by atoms with van der Waals surface area (Å²) >= 11 is 0. The van der Waals surface area contributed by atoms with Gasteiger partial charge in [0.2, 0.25) is 0 Å². The van der Waals surface area contributed by atoms with Crippen LogP contribution in [0.3, 0.4) is 0 Å². The summed E-state index contributed by atoms with van der Waals surface area (Å²) in [5.41, 5.74) is 1.87. The molecule has 0 radical (unpaired) electrons. The van der Waals surface area contributed by atoms with Crippen LogP contribution in [-0.4, -0.2) is 16.1 Å². The topological polar surface area (TPSA) is 29.9 Å². The number of hydrogen-bond donors (Lipinski definition) is 1. The van der Waals surface area contributed by atoms with Gasteiger partial charge in [-0.1, -0.05) is 33.6 Å². The Balaban J connectivity index is 1.95. The van der Waals surface area contributed by atoms with Crippen LogP contribution in [0.5, 0.6) is 0 Å². The van der Waals surface area contributed by atoms with E-state index in [9.17, 15) is 0 Å². The third-order valence-corrected chi connectivity index (χ3v) is 4.58. The Labute approximate surface area is 117 Å². The molecule has 0 saturated heterocycles. The molecule has 1 heterocycles. The van der Waals surface area contributed by atoms with Crippen molar-refractivity contribution in [1.29, 1.82) is 0 Å². The van der Waals surface area contributed by atoms with Crippen LogP contribution in [0.15, 0.2) is 12.5 Å². The van der Waals surface area contributed by atoms with Crippen LogP contribution < -0.4 is 5.32 Å². The molecule has 108 valence electrons. The molecule has 3 nitrogen and oxygen atoms in total. The molecule has 1 N–H and O–H groups in total. The minimum absolute atomic E-state index is 0.535. The number of aromatic nitrogens is 2. The Morgan fingerprint density at radius 1 is 1.37 bits per heavy atom. The van der Waals surface area contributed by atoms with Crippen molar-refractivity contribution >= 4 is 0 Å². The van der Waals surface area contributed by atoms with Crippen molar-refractivity contribution in [1.82, 2.24) is 14.9 Å². The molecule has 2 rings (SSSR count). The lowest BCUT2D eigenvalue weighted by atomic mass is 9.83. The van der Waals surface area contributed by atoms with Crippen LogP contribution in [0.2, 0.25) is 0 Å². The fourth-order valence-corrected chi connectivity index (χ4v) is 3.24. The minimum Gasteiger partial charge on any atom is -0.333 e. The van der Waals surface area contributed by atoms with Crippen LogP contribution in [0, 0.1) is 11.3 Å². The maximum Gasteiger partial charge on any atom is 0.0948 e. The third kappa shape index (κ3) is 3.82. The second-order valence-corrected chi connectivity index (χ2v) is 6.60. The Morgan fingerprint density at radius 3 is 2.74 bits per heavy atom. The van der Waals surface area contributed by atoms with Crippen molar-refractivity contribution in [3.8, 4) is 0 Å². The molecule has 1 aliphatic carbocycles. The van der Waals surface area contributed by atoms with Crippen molar-refractivity contribution in [3.05, 3.63) is 18.2 Å². The maximum atomic E-state index is 4.35. The molecular formula is C16H29N3. The van der Waals surface area contributed by atoms with Crippen LogP contribution >= 0.6 is 0 Å². The number of imidazole rings is 1. The molecule has 0 atom stereocenters. The van der Waals surface area contributed by atoms with Gasteiger partial charge >= 0.3 is 0 Å². The molecular weight excluding hydrogens is 234 g/mol. The summed E-state index contributed by atoms with van der Waals surface area (Å²) in [5, 5.41) is 3.52. The summed E-state index contributed by atoms with van der Waals surface area (Å²) in [6.45, 7) is 10.0. The van der Waals surface area contributed by atoms with E-state index in [0.29, 0.717) is 11.3 Å². The van der Waals surface area contributed by atoms with Crippen molar-refractivity contribution in [2.24, 2.45) is 11.3 Å². The van der Waals surface area contributed by atoms with Crippen LogP contribution in [0.25, 0.3) is 0 Å². The predicted octanol–water partition coefficient (Wildman–Crippen LogP) is 3.60. The van der Waals surface area contributed by atoms with Gasteiger partial charge < -0.3 is 9.88 Å². The zero-order valence-electron chi connectivity index (χ0n) is 12.8. The monoisotopic (exact) mass is 263 g/mol. The highest BCUT2D eigenvalue weighted by Gasteiger charge is 2.32. The Kier molecular flexibility index (Phi) is 5.03. The lowest BCUT2D eigenvalue weighted by Crippen LogP contribution is -2.26. The lowest BCUT2D eigenvalue weighted by Gasteiger charge is -2.28. The van der Waals surface area contributed by atoms with Gasteiger partial charge in [0, 0.05) is 19.3 Å². The zero-order chi connectivity index (χ0) is 13.7. The summed E-state index contributed by atoms with van der Waals surface area (Å²) in [6, 6.07) is 0. The molecule has 0 bridgehead atoms. The molecule has 1 fully saturated rings. The molecule has 0 unspecified atom stereocenters. The first kappa shape index (κ1) is 14.6. The van der Waals surface area contributed by atoms with Gasteiger partial charge in [0.15, 0.2) is 0 Å². The summed E-state index contributed by atoms with van der Waals surface area (Å²) < 4.78 is 2.38. The van der Waals surface area contributed by atoms with E-state index < -0.39 is 0 Å². The van der Waals surface area contributed by atoms with Gasteiger partial charge in [0.25, 0.3) is 0 Å². The second kappa shape index (κ2) is 6.56. The van der Waals surface area contributed by atoms with Crippen molar-refractivity contribution < 1.29 is 0 Å². The van der Waals surface area contributed by atoms with Crippen molar-refractivity contribution in [2.45, 2.75) is 66.0 Å². The fourth-order valence-electron chi connectivity index (χ4n) is 3.24. The van der Waals surface area contributed by atoms with E-state index in [1.165, 1.54) is 37.8 Å². The summed E-state index contributed by atoms with van der Waals surface area (Å²) in [4.78, 5) is 4.35. The van der Waals surface area contributed by atoms with Crippen LogP contribution in [0.4, 0.5) is 0 Å². The molecule has 0 aliphatic heterocycles. The van der Waals surface area contributed by atoms with E-state index in [0.717, 1.165) is 19.6 Å². The Bertz CT molecular complexity index is 375. The largest absolute Gasteiger partial charge is 0.333 e. The molecule has 0 aromatic carbocycles. The van der Waals surface area contributed by atoms with Gasteiger partial charge in [-0.2, -0.15) is 0 Å². The minimum atomic E-state index is 0.535. The number of nitrogens with zero attached hydrogens (tertiary/aromatic N) is 2. The van der Waals surface area contributed by atoms with Gasteiger partial charge in [0.05, 0.1) is 12.0 Å². The van der Waals surface area contributed by atoms with E-state index in [1.807, 2.05) is 12.5 Å². The van der Waals surface area contributed by atoms with E-state index in [4.69, 9.17) is 0 Å². The molecule has 1 aliphatic rings. The molecule has 0 spiro atoms. The van der Waals surface area contributed by atoms with Gasteiger partial charge in [-0.15, -0.1) is 0 Å². The maximum absolute atomic E-state index is 4.35. The normalized spacial score (nSPS) is 18.3. The fraction of sp³-hybridized carbons (Fsp3) is 0.812. The average molecular weight is 263 g/mol. The van der Waals surface area contributed by atoms with Gasteiger partial charge in [-0.3, -0.25) is 0 Å². The van der Waals surface area contributed by atoms with Gasteiger partial charge in [-0.05, 0) is 37.1 Å². The van der Waals surface area contributed by atoms with Crippen molar-refractivity contribution in [3.63, 3.8) is 0 Å².